The zero-order chi connectivity index (χ0) is 12.3. The fourth-order valence-electron chi connectivity index (χ4n) is 1.47. The van der Waals surface area contributed by atoms with Crippen LogP contribution in [0.5, 0.6) is 5.88 Å². The number of ether oxygens (including phenoxy) is 1. The molecule has 0 radical (unpaired) electrons. The maximum atomic E-state index is 10.4. The number of hydrogen-bond donors (Lipinski definition) is 1. The van der Waals surface area contributed by atoms with Crippen LogP contribution in [0, 0.1) is 0 Å². The number of rotatable bonds is 4. The molecule has 0 aliphatic heterocycles. The lowest BCUT2D eigenvalue weighted by atomic mass is 10.2. The number of hydrogen-bond acceptors (Lipinski definition) is 3. The molecule has 0 amide bonds. The van der Waals surface area contributed by atoms with Crippen molar-refractivity contribution in [3.8, 4) is 17.1 Å². The van der Waals surface area contributed by atoms with Crippen LogP contribution >= 0.6 is 0 Å². The minimum atomic E-state index is -1.01. The number of nitrogens with zero attached hydrogens (tertiary/aromatic N) is 2. The molecule has 0 aliphatic rings. The standard InChI is InChI=1S/C12H12N2O3/c1-14-11(17-8-12(15)16)7-10(13-14)9-5-3-2-4-6-9/h2-7H,8H2,1H3,(H,15,16). The lowest BCUT2D eigenvalue weighted by Crippen LogP contribution is -2.11. The molecule has 1 aromatic heterocycles. The molecule has 0 saturated heterocycles. The summed E-state index contributed by atoms with van der Waals surface area (Å²) in [6.45, 7) is -0.367. The summed E-state index contributed by atoms with van der Waals surface area (Å²) < 4.78 is 6.62. The highest BCUT2D eigenvalue weighted by Crippen LogP contribution is 2.22. The van der Waals surface area contributed by atoms with Crippen molar-refractivity contribution in [1.29, 1.82) is 0 Å². The van der Waals surface area contributed by atoms with E-state index in [4.69, 9.17) is 9.84 Å². The molecule has 0 saturated carbocycles. The first-order valence-electron chi connectivity index (χ1n) is 5.11. The van der Waals surface area contributed by atoms with Crippen LogP contribution in [0.2, 0.25) is 0 Å². The normalized spacial score (nSPS) is 10.2. The van der Waals surface area contributed by atoms with Crippen LogP contribution in [0.4, 0.5) is 0 Å². The summed E-state index contributed by atoms with van der Waals surface area (Å²) in [5, 5.41) is 12.8. The fourth-order valence-corrected chi connectivity index (χ4v) is 1.47. The molecule has 2 rings (SSSR count). The first-order valence-corrected chi connectivity index (χ1v) is 5.11. The summed E-state index contributed by atoms with van der Waals surface area (Å²) in [5.41, 5.74) is 1.72. The number of carboxylic acid groups (broad SMARTS) is 1. The van der Waals surface area contributed by atoms with Gasteiger partial charge in [-0.15, -0.1) is 0 Å². The molecule has 0 spiro atoms. The second-order valence-corrected chi connectivity index (χ2v) is 3.54. The summed E-state index contributed by atoms with van der Waals surface area (Å²) in [5.74, 6) is -0.571. The third kappa shape index (κ3) is 2.63. The Labute approximate surface area is 98.3 Å². The SMILES string of the molecule is Cn1nc(-c2ccccc2)cc1OCC(=O)O. The van der Waals surface area contributed by atoms with Gasteiger partial charge < -0.3 is 9.84 Å². The average Bonchev–Trinajstić information content (AvgIpc) is 2.69. The second-order valence-electron chi connectivity index (χ2n) is 3.54. The lowest BCUT2D eigenvalue weighted by Gasteiger charge is -2.00. The van der Waals surface area contributed by atoms with Gasteiger partial charge in [-0.2, -0.15) is 5.10 Å². The van der Waals surface area contributed by atoms with Crippen molar-refractivity contribution in [3.63, 3.8) is 0 Å². The van der Waals surface area contributed by atoms with E-state index >= 15 is 0 Å². The van der Waals surface area contributed by atoms with Crippen molar-refractivity contribution in [1.82, 2.24) is 9.78 Å². The number of aromatic nitrogens is 2. The van der Waals surface area contributed by atoms with Gasteiger partial charge in [-0.05, 0) is 0 Å². The van der Waals surface area contributed by atoms with Gasteiger partial charge in [0.15, 0.2) is 6.61 Å². The number of benzene rings is 1. The van der Waals surface area contributed by atoms with E-state index in [1.54, 1.807) is 13.1 Å². The largest absolute Gasteiger partial charge is 0.479 e. The van der Waals surface area contributed by atoms with Crippen LogP contribution in [0.15, 0.2) is 36.4 Å². The van der Waals surface area contributed by atoms with Crippen LogP contribution < -0.4 is 4.74 Å². The lowest BCUT2D eigenvalue weighted by molar-refractivity contribution is -0.139. The molecule has 5 heteroatoms. The average molecular weight is 232 g/mol. The maximum absolute atomic E-state index is 10.4. The monoisotopic (exact) mass is 232 g/mol. The summed E-state index contributed by atoms with van der Waals surface area (Å²) in [7, 11) is 1.71. The van der Waals surface area contributed by atoms with Crippen LogP contribution in [-0.4, -0.2) is 27.5 Å². The highest BCUT2D eigenvalue weighted by atomic mass is 16.5. The minimum absolute atomic E-state index is 0.367. The van der Waals surface area contributed by atoms with Gasteiger partial charge in [0.2, 0.25) is 5.88 Å². The van der Waals surface area contributed by atoms with Crippen LogP contribution in [-0.2, 0) is 11.8 Å². The van der Waals surface area contributed by atoms with E-state index in [0.717, 1.165) is 11.3 Å². The second kappa shape index (κ2) is 4.69. The fraction of sp³-hybridized carbons (Fsp3) is 0.167. The molecule has 1 N–H and O–H groups in total. The van der Waals surface area contributed by atoms with Crippen LogP contribution in [0.1, 0.15) is 0 Å². The number of carboxylic acids is 1. The van der Waals surface area contributed by atoms with Gasteiger partial charge in [-0.25, -0.2) is 9.48 Å². The number of carbonyl (C=O) groups is 1. The smallest absolute Gasteiger partial charge is 0.341 e. The molecular weight excluding hydrogens is 220 g/mol. The van der Waals surface area contributed by atoms with Crippen molar-refractivity contribution >= 4 is 5.97 Å². The third-order valence-electron chi connectivity index (χ3n) is 2.25. The molecule has 0 unspecified atom stereocenters. The predicted molar refractivity (Wildman–Crippen MR) is 61.8 cm³/mol. The first-order chi connectivity index (χ1) is 8.16. The van der Waals surface area contributed by atoms with E-state index in [1.165, 1.54) is 4.68 Å². The van der Waals surface area contributed by atoms with Crippen molar-refractivity contribution < 1.29 is 14.6 Å². The van der Waals surface area contributed by atoms with Crippen LogP contribution in [0.25, 0.3) is 11.3 Å². The summed E-state index contributed by atoms with van der Waals surface area (Å²) in [4.78, 5) is 10.4. The number of aliphatic carboxylic acids is 1. The van der Waals surface area contributed by atoms with Gasteiger partial charge in [-0.3, -0.25) is 0 Å². The van der Waals surface area contributed by atoms with Crippen molar-refractivity contribution in [2.75, 3.05) is 6.61 Å². The highest BCUT2D eigenvalue weighted by molar-refractivity contribution is 5.68. The first kappa shape index (κ1) is 11.2. The Kier molecular flexibility index (Phi) is 3.09. The molecule has 2 aromatic rings. The van der Waals surface area contributed by atoms with Gasteiger partial charge in [0.1, 0.15) is 0 Å². The molecule has 5 nitrogen and oxygen atoms in total. The van der Waals surface area contributed by atoms with E-state index in [0.29, 0.717) is 5.88 Å². The van der Waals surface area contributed by atoms with E-state index in [1.807, 2.05) is 30.3 Å². The molecule has 88 valence electrons. The maximum Gasteiger partial charge on any atom is 0.341 e. The van der Waals surface area contributed by atoms with Crippen molar-refractivity contribution in [2.24, 2.45) is 7.05 Å². The molecule has 17 heavy (non-hydrogen) atoms. The Morgan fingerprint density at radius 1 is 1.41 bits per heavy atom. The molecule has 0 atom stereocenters. The van der Waals surface area contributed by atoms with E-state index in [2.05, 4.69) is 5.10 Å². The van der Waals surface area contributed by atoms with Crippen LogP contribution in [0.3, 0.4) is 0 Å². The zero-order valence-corrected chi connectivity index (χ0v) is 9.33. The Morgan fingerprint density at radius 2 is 2.12 bits per heavy atom. The van der Waals surface area contributed by atoms with Gasteiger partial charge in [0.05, 0.1) is 5.69 Å². The highest BCUT2D eigenvalue weighted by Gasteiger charge is 2.09. The Hall–Kier alpha value is -2.30. The van der Waals surface area contributed by atoms with E-state index in [9.17, 15) is 4.79 Å². The Balaban J connectivity index is 2.22. The van der Waals surface area contributed by atoms with Gasteiger partial charge in [0, 0.05) is 18.7 Å². The predicted octanol–water partition coefficient (Wildman–Crippen LogP) is 1.55. The van der Waals surface area contributed by atoms with Gasteiger partial charge in [0.25, 0.3) is 0 Å². The summed E-state index contributed by atoms with van der Waals surface area (Å²) >= 11 is 0. The molecule has 1 aromatic carbocycles. The topological polar surface area (TPSA) is 64.4 Å². The minimum Gasteiger partial charge on any atom is -0.479 e. The van der Waals surface area contributed by atoms with E-state index < -0.39 is 5.97 Å². The zero-order valence-electron chi connectivity index (χ0n) is 9.33. The quantitative estimate of drug-likeness (QED) is 0.868. The van der Waals surface area contributed by atoms with Crippen molar-refractivity contribution in [2.45, 2.75) is 0 Å². The molecule has 0 aliphatic carbocycles. The molecular formula is C12H12N2O3. The van der Waals surface area contributed by atoms with Gasteiger partial charge >= 0.3 is 5.97 Å². The molecule has 0 fully saturated rings. The molecule has 1 heterocycles. The van der Waals surface area contributed by atoms with Gasteiger partial charge in [-0.1, -0.05) is 30.3 Å². The Bertz CT molecular complexity index is 520. The van der Waals surface area contributed by atoms with E-state index in [-0.39, 0.29) is 6.61 Å². The van der Waals surface area contributed by atoms with Crippen molar-refractivity contribution in [3.05, 3.63) is 36.4 Å². The Morgan fingerprint density at radius 3 is 2.76 bits per heavy atom. The summed E-state index contributed by atoms with van der Waals surface area (Å²) in [6, 6.07) is 11.3. The number of aryl methyl sites for hydroxylation is 1. The summed E-state index contributed by atoms with van der Waals surface area (Å²) in [6.07, 6.45) is 0. The molecule has 0 bridgehead atoms. The third-order valence-corrected chi connectivity index (χ3v) is 2.25.